The molecule has 87 heavy (non-hydrogen) atoms. The molecular weight excluding hydrogens is 1090 g/mol. The van der Waals surface area contributed by atoms with Crippen LogP contribution in [0.5, 0.6) is 0 Å². The summed E-state index contributed by atoms with van der Waals surface area (Å²) in [4.78, 5) is 23.5. The molecule has 0 saturated heterocycles. The minimum absolute atomic E-state index is 0.0693. The van der Waals surface area contributed by atoms with Gasteiger partial charge in [-0.1, -0.05) is 348 Å². The molecule has 3 N–H and O–H groups in total. The lowest BCUT2D eigenvalue weighted by molar-refractivity contribution is -0.870. The van der Waals surface area contributed by atoms with E-state index in [1.54, 1.807) is 0 Å². The van der Waals surface area contributed by atoms with E-state index in [0.717, 1.165) is 103 Å². The number of quaternary nitrogens is 1. The second kappa shape index (κ2) is 67.6. The normalized spacial score (nSPS) is 14.2. The first-order chi connectivity index (χ1) is 42.5. The Morgan fingerprint density at radius 2 is 0.690 bits per heavy atom. The summed E-state index contributed by atoms with van der Waals surface area (Å²) in [7, 11) is 1.61. The molecule has 0 radical (unpaired) electrons. The number of hydrogen-bond donors (Lipinski definition) is 3. The summed E-state index contributed by atoms with van der Waals surface area (Å²) >= 11 is 0. The Hall–Kier alpha value is -2.84. The number of nitrogens with zero attached hydrogens (tertiary/aromatic N) is 1. The van der Waals surface area contributed by atoms with Crippen molar-refractivity contribution in [3.63, 3.8) is 0 Å². The Bertz CT molecular complexity index is 1790. The summed E-state index contributed by atoms with van der Waals surface area (Å²) in [6.07, 6.45) is 99.1. The molecule has 0 saturated carbocycles. The van der Waals surface area contributed by atoms with Gasteiger partial charge in [-0.15, -0.1) is 0 Å². The summed E-state index contributed by atoms with van der Waals surface area (Å²) in [5.74, 6) is -0.151. The van der Waals surface area contributed by atoms with Crippen LogP contribution in [0.4, 0.5) is 0 Å². The standard InChI is InChI=1S/C78H141N2O6P/c1-6-8-10-12-14-16-18-20-22-24-26-28-30-32-34-36-37-38-39-40-41-42-43-44-46-48-50-52-54-56-58-60-62-64-66-68-70-72-78(82)79-76(75-86-87(83,84)85-74-73-80(3,4)5)77(81)71-69-67-65-63-61-59-57-55-53-51-49-47-45-35-33-31-29-27-25-23-21-19-17-15-13-11-9-7-2/h8,10,14,16,20,22,26,28,32,34,37-38,40-41,43-44,48,50,76-77,81H,6-7,9,11-13,15,17-19,21,23-25,27,29-31,33,35-36,39,42,45-47,49,51-75H2,1-5H3,(H-,79,82,83,84)/p+1/b10-8-,16-14-,22-20-,28-26-,34-32-,38-37-,41-40-,44-43-,50-48-. The van der Waals surface area contributed by atoms with Gasteiger partial charge in [0, 0.05) is 6.42 Å². The van der Waals surface area contributed by atoms with Gasteiger partial charge < -0.3 is 19.8 Å². The van der Waals surface area contributed by atoms with Gasteiger partial charge in [0.05, 0.1) is 39.9 Å². The molecule has 9 heteroatoms. The summed E-state index contributed by atoms with van der Waals surface area (Å²) in [5, 5.41) is 14.2. The number of allylic oxidation sites excluding steroid dienone is 18. The van der Waals surface area contributed by atoms with E-state index in [9.17, 15) is 19.4 Å². The predicted octanol–water partition coefficient (Wildman–Crippen LogP) is 23.8. The third-order valence-electron chi connectivity index (χ3n) is 16.3. The van der Waals surface area contributed by atoms with E-state index in [1.165, 1.54) is 199 Å². The highest BCUT2D eigenvalue weighted by molar-refractivity contribution is 7.47. The van der Waals surface area contributed by atoms with Crippen molar-refractivity contribution in [2.45, 2.75) is 341 Å². The van der Waals surface area contributed by atoms with Gasteiger partial charge in [0.2, 0.25) is 5.91 Å². The SMILES string of the molecule is CC/C=C\C/C=C\C/C=C\C/C=C\C/C=C\C/C=C\C/C=C\C/C=C\C/C=C\CCCCCCCCCCCC(=O)NC(COP(=O)(O)OCC[N+](C)(C)C)C(O)CCCCCCCCCCCCCCCCCCCCCCCCCCCCCC. The monoisotopic (exact) mass is 1230 g/mol. The molecule has 0 spiro atoms. The smallest absolute Gasteiger partial charge is 0.391 e. The molecule has 1 amide bonds. The van der Waals surface area contributed by atoms with E-state index in [2.05, 4.69) is 129 Å². The third kappa shape index (κ3) is 70.5. The van der Waals surface area contributed by atoms with Crippen molar-refractivity contribution in [3.8, 4) is 0 Å². The molecule has 504 valence electrons. The van der Waals surface area contributed by atoms with Crippen molar-refractivity contribution in [3.05, 3.63) is 109 Å². The van der Waals surface area contributed by atoms with Crippen molar-refractivity contribution < 1.29 is 32.9 Å². The third-order valence-corrected chi connectivity index (χ3v) is 17.3. The highest BCUT2D eigenvalue weighted by Gasteiger charge is 2.28. The minimum Gasteiger partial charge on any atom is -0.391 e. The molecule has 8 nitrogen and oxygen atoms in total. The maximum Gasteiger partial charge on any atom is 0.472 e. The molecule has 0 aromatic carbocycles. The van der Waals surface area contributed by atoms with E-state index >= 15 is 0 Å². The number of phosphoric ester groups is 1. The van der Waals surface area contributed by atoms with Crippen molar-refractivity contribution in [1.82, 2.24) is 5.32 Å². The van der Waals surface area contributed by atoms with Crippen LogP contribution in [0.1, 0.15) is 328 Å². The van der Waals surface area contributed by atoms with Crippen molar-refractivity contribution in [2.24, 2.45) is 0 Å². The van der Waals surface area contributed by atoms with E-state index in [0.29, 0.717) is 23.9 Å². The highest BCUT2D eigenvalue weighted by atomic mass is 31.2. The molecule has 0 aliphatic carbocycles. The second-order valence-electron chi connectivity index (χ2n) is 25.9. The first-order valence-electron chi connectivity index (χ1n) is 36.8. The lowest BCUT2D eigenvalue weighted by atomic mass is 10.0. The predicted molar refractivity (Wildman–Crippen MR) is 382 cm³/mol. The number of likely N-dealkylation sites (N-methyl/N-ethyl adjacent to an activating group) is 1. The number of unbranched alkanes of at least 4 members (excludes halogenated alkanes) is 36. The average Bonchev–Trinajstić information content (AvgIpc) is 3.70. The number of carbonyl (C=O) groups excluding carboxylic acids is 1. The van der Waals surface area contributed by atoms with Gasteiger partial charge >= 0.3 is 7.82 Å². The van der Waals surface area contributed by atoms with E-state index in [1.807, 2.05) is 21.1 Å². The fourth-order valence-electron chi connectivity index (χ4n) is 10.6. The molecule has 0 aromatic rings. The molecule has 0 aliphatic heterocycles. The number of aliphatic hydroxyl groups is 1. The van der Waals surface area contributed by atoms with Gasteiger partial charge in [-0.2, -0.15) is 0 Å². The van der Waals surface area contributed by atoms with Crippen LogP contribution >= 0.6 is 7.82 Å². The Kier molecular flexibility index (Phi) is 65.3. The molecule has 3 unspecified atom stereocenters. The average molecular weight is 1230 g/mol. The zero-order valence-electron chi connectivity index (χ0n) is 57.7. The lowest BCUT2D eigenvalue weighted by Gasteiger charge is -2.26. The Morgan fingerprint density at radius 1 is 0.402 bits per heavy atom. The fraction of sp³-hybridized carbons (Fsp3) is 0.756. The molecule has 0 rings (SSSR count). The second-order valence-corrected chi connectivity index (χ2v) is 27.4. The van der Waals surface area contributed by atoms with Crippen molar-refractivity contribution in [1.29, 1.82) is 0 Å². The van der Waals surface area contributed by atoms with Gasteiger partial charge in [0.25, 0.3) is 0 Å². The van der Waals surface area contributed by atoms with E-state index in [4.69, 9.17) is 9.05 Å². The van der Waals surface area contributed by atoms with Gasteiger partial charge in [-0.05, 0) is 83.5 Å². The number of aliphatic hydroxyl groups excluding tert-OH is 1. The molecule has 0 fully saturated rings. The minimum atomic E-state index is -4.34. The fourth-order valence-corrected chi connectivity index (χ4v) is 11.4. The van der Waals surface area contributed by atoms with Crippen molar-refractivity contribution >= 4 is 13.7 Å². The number of rotatable bonds is 67. The summed E-state index contributed by atoms with van der Waals surface area (Å²) in [6.45, 7) is 4.80. The number of amides is 1. The molecule has 3 atom stereocenters. The van der Waals surface area contributed by atoms with Crippen LogP contribution in [0.25, 0.3) is 0 Å². The van der Waals surface area contributed by atoms with E-state index < -0.39 is 20.0 Å². The van der Waals surface area contributed by atoms with Crippen LogP contribution in [-0.4, -0.2) is 73.4 Å². The maximum absolute atomic E-state index is 13.1. The van der Waals surface area contributed by atoms with Crippen LogP contribution in [-0.2, 0) is 18.4 Å². The van der Waals surface area contributed by atoms with Crippen LogP contribution < -0.4 is 5.32 Å². The van der Waals surface area contributed by atoms with Gasteiger partial charge in [0.1, 0.15) is 13.2 Å². The lowest BCUT2D eigenvalue weighted by Crippen LogP contribution is -2.46. The first kappa shape index (κ1) is 84.2. The topological polar surface area (TPSA) is 105 Å². The largest absolute Gasteiger partial charge is 0.472 e. The van der Waals surface area contributed by atoms with Crippen LogP contribution in [0.2, 0.25) is 0 Å². The zero-order chi connectivity index (χ0) is 63.4. The zero-order valence-corrected chi connectivity index (χ0v) is 58.6. The Morgan fingerprint density at radius 3 is 1.01 bits per heavy atom. The molecule has 0 aliphatic rings. The molecule has 0 aromatic heterocycles. The Labute approximate surface area is 540 Å². The number of nitrogens with one attached hydrogen (secondary N) is 1. The Balaban J connectivity index is 4.08. The summed E-state index contributed by atoms with van der Waals surface area (Å²) in [6, 6.07) is -0.773. The molecule has 0 bridgehead atoms. The number of carbonyl (C=O) groups is 1. The number of hydrogen-bond acceptors (Lipinski definition) is 5. The van der Waals surface area contributed by atoms with Crippen LogP contribution in [0.3, 0.4) is 0 Å². The van der Waals surface area contributed by atoms with Crippen molar-refractivity contribution in [2.75, 3.05) is 40.9 Å². The first-order valence-corrected chi connectivity index (χ1v) is 38.2. The molecule has 0 heterocycles. The quantitative estimate of drug-likeness (QED) is 0.0243. The summed E-state index contributed by atoms with van der Waals surface area (Å²) < 4.78 is 23.9. The van der Waals surface area contributed by atoms with Crippen LogP contribution in [0.15, 0.2) is 109 Å². The molecular formula is C78H142N2O6P+. The van der Waals surface area contributed by atoms with E-state index in [-0.39, 0.29) is 19.1 Å². The van der Waals surface area contributed by atoms with Gasteiger partial charge in [-0.3, -0.25) is 13.8 Å². The van der Waals surface area contributed by atoms with Gasteiger partial charge in [0.15, 0.2) is 0 Å². The summed E-state index contributed by atoms with van der Waals surface area (Å²) in [5.41, 5.74) is 0. The van der Waals surface area contributed by atoms with Crippen LogP contribution in [0, 0.1) is 0 Å². The van der Waals surface area contributed by atoms with Gasteiger partial charge in [-0.25, -0.2) is 4.57 Å². The maximum atomic E-state index is 13.1. The number of phosphoric acid groups is 1. The highest BCUT2D eigenvalue weighted by Crippen LogP contribution is 2.43.